The predicted molar refractivity (Wildman–Crippen MR) is 156 cm³/mol. The van der Waals surface area contributed by atoms with Crippen LogP contribution in [0.3, 0.4) is 0 Å². The standard InChI is InChI=1S/C31H30ClN5O4/c1-19-6-3-9-24(26-10-5-11-27(34-26)37-31(40-2)25(16-33-37)30(38)35-39)29(19)41-18-21-13-12-20-17-36(22-7-4-8-22)15-14-23(20)28(21)32/h3,5-6,9-13,16,22H,4,7-8,14-15,17-18H2,1-2H3. The molecule has 1 aliphatic heterocycles. The van der Waals surface area contributed by atoms with Gasteiger partial charge in [0.15, 0.2) is 5.82 Å². The fourth-order valence-corrected chi connectivity index (χ4v) is 5.97. The van der Waals surface area contributed by atoms with Gasteiger partial charge in [0.05, 0.1) is 24.0 Å². The van der Waals surface area contributed by atoms with Gasteiger partial charge in [0, 0.05) is 35.4 Å². The first-order chi connectivity index (χ1) is 20.0. The number of fused-ring (bicyclic) bond motifs is 1. The van der Waals surface area contributed by atoms with Crippen LogP contribution in [0.2, 0.25) is 5.02 Å². The highest BCUT2D eigenvalue weighted by Crippen LogP contribution is 2.37. The molecule has 6 rings (SSSR count). The highest BCUT2D eigenvalue weighted by molar-refractivity contribution is 6.32. The number of carbonyl (C=O) groups excluding carboxylic acids is 1. The molecule has 0 spiro atoms. The first-order valence-corrected chi connectivity index (χ1v) is 14.1. The Labute approximate surface area is 243 Å². The molecule has 1 amide bonds. The van der Waals surface area contributed by atoms with Crippen molar-refractivity contribution in [2.75, 3.05) is 13.7 Å². The lowest BCUT2D eigenvalue weighted by atomic mass is 9.88. The molecule has 0 saturated heterocycles. The van der Waals surface area contributed by atoms with E-state index in [1.54, 1.807) is 6.07 Å². The number of hydrogen-bond donors (Lipinski definition) is 0. The average molecular weight is 572 g/mol. The summed E-state index contributed by atoms with van der Waals surface area (Å²) < 4.78 is 13.1. The van der Waals surface area contributed by atoms with Crippen molar-refractivity contribution in [1.29, 1.82) is 0 Å². The molecule has 0 unspecified atom stereocenters. The van der Waals surface area contributed by atoms with Crippen LogP contribution < -0.4 is 9.47 Å². The molecule has 2 aromatic carbocycles. The van der Waals surface area contributed by atoms with Crippen molar-refractivity contribution in [3.63, 3.8) is 0 Å². The van der Waals surface area contributed by atoms with E-state index in [-0.39, 0.29) is 11.4 Å². The molecule has 1 fully saturated rings. The third kappa shape index (κ3) is 5.11. The third-order valence-electron chi connectivity index (χ3n) is 8.08. The molecule has 0 atom stereocenters. The van der Waals surface area contributed by atoms with Crippen LogP contribution in [0, 0.1) is 11.8 Å². The second-order valence-corrected chi connectivity index (χ2v) is 10.9. The zero-order valence-electron chi connectivity index (χ0n) is 23.0. The predicted octanol–water partition coefficient (Wildman–Crippen LogP) is 6.30. The molecule has 9 nitrogen and oxygen atoms in total. The van der Waals surface area contributed by atoms with Crippen LogP contribution in [0.4, 0.5) is 0 Å². The van der Waals surface area contributed by atoms with Gasteiger partial charge in [0.2, 0.25) is 5.88 Å². The Bertz CT molecular complexity index is 1630. The maximum absolute atomic E-state index is 11.9. The van der Waals surface area contributed by atoms with Crippen LogP contribution in [0.25, 0.3) is 17.1 Å². The normalized spacial score (nSPS) is 15.2. The van der Waals surface area contributed by atoms with Gasteiger partial charge in [-0.15, -0.1) is 4.91 Å². The van der Waals surface area contributed by atoms with Gasteiger partial charge < -0.3 is 9.47 Å². The van der Waals surface area contributed by atoms with Crippen LogP contribution in [-0.4, -0.2) is 45.3 Å². The Morgan fingerprint density at radius 1 is 1.15 bits per heavy atom. The Hall–Kier alpha value is -4.08. The van der Waals surface area contributed by atoms with E-state index in [0.29, 0.717) is 23.9 Å². The molecule has 41 heavy (non-hydrogen) atoms. The van der Waals surface area contributed by atoms with Crippen LogP contribution in [0.1, 0.15) is 51.9 Å². The summed E-state index contributed by atoms with van der Waals surface area (Å²) in [6.45, 7) is 4.33. The van der Waals surface area contributed by atoms with E-state index in [9.17, 15) is 9.70 Å². The van der Waals surface area contributed by atoms with Crippen LogP contribution >= 0.6 is 11.6 Å². The molecule has 2 aromatic heterocycles. The molecule has 3 heterocycles. The lowest BCUT2D eigenvalue weighted by Crippen LogP contribution is -2.43. The number of nitrogens with zero attached hydrogens (tertiary/aromatic N) is 5. The second kappa shape index (κ2) is 11.4. The molecule has 10 heteroatoms. The summed E-state index contributed by atoms with van der Waals surface area (Å²) in [7, 11) is 1.39. The van der Waals surface area contributed by atoms with Crippen LogP contribution in [-0.2, 0) is 19.6 Å². The number of rotatable bonds is 8. The van der Waals surface area contributed by atoms with Gasteiger partial charge in [-0.1, -0.05) is 48.4 Å². The molecule has 4 aromatic rings. The number of aromatic nitrogens is 3. The van der Waals surface area contributed by atoms with E-state index in [1.807, 2.05) is 37.3 Å². The van der Waals surface area contributed by atoms with E-state index in [2.05, 4.69) is 27.3 Å². The minimum Gasteiger partial charge on any atom is -0.488 e. The highest BCUT2D eigenvalue weighted by Gasteiger charge is 2.29. The smallest absolute Gasteiger partial charge is 0.323 e. The third-order valence-corrected chi connectivity index (χ3v) is 8.55. The summed E-state index contributed by atoms with van der Waals surface area (Å²) >= 11 is 6.93. The summed E-state index contributed by atoms with van der Waals surface area (Å²) in [4.78, 5) is 30.1. The number of hydrogen-bond acceptors (Lipinski definition) is 7. The van der Waals surface area contributed by atoms with Crippen molar-refractivity contribution >= 4 is 17.5 Å². The quantitative estimate of drug-likeness (QED) is 0.229. The van der Waals surface area contributed by atoms with E-state index < -0.39 is 5.91 Å². The summed E-state index contributed by atoms with van der Waals surface area (Å²) in [6, 6.07) is 16.3. The van der Waals surface area contributed by atoms with E-state index >= 15 is 0 Å². The fourth-order valence-electron chi connectivity index (χ4n) is 5.64. The Balaban J connectivity index is 1.26. The van der Waals surface area contributed by atoms with E-state index in [0.717, 1.165) is 47.3 Å². The monoisotopic (exact) mass is 571 g/mol. The molecule has 210 valence electrons. The summed E-state index contributed by atoms with van der Waals surface area (Å²) in [5.41, 5.74) is 5.88. The van der Waals surface area contributed by atoms with Crippen molar-refractivity contribution < 1.29 is 14.3 Å². The van der Waals surface area contributed by atoms with Crippen molar-refractivity contribution in [2.45, 2.75) is 51.8 Å². The number of methoxy groups -OCH3 is 1. The van der Waals surface area contributed by atoms with Crippen molar-refractivity contribution in [3.8, 4) is 28.7 Å². The molecular weight excluding hydrogens is 542 g/mol. The SMILES string of the molecule is COc1c(C(=O)N=O)cnn1-c1cccc(-c2cccc(C)c2OCc2ccc3c(c2Cl)CCN(C2CCC2)C3)n1. The van der Waals surface area contributed by atoms with Crippen molar-refractivity contribution in [3.05, 3.63) is 92.5 Å². The molecule has 1 aliphatic carbocycles. The number of para-hydroxylation sites is 1. The molecule has 1 saturated carbocycles. The van der Waals surface area contributed by atoms with Gasteiger partial charge >= 0.3 is 5.91 Å². The first kappa shape index (κ1) is 27.1. The Morgan fingerprint density at radius 2 is 1.98 bits per heavy atom. The van der Waals surface area contributed by atoms with Crippen LogP contribution in [0.5, 0.6) is 11.6 Å². The maximum atomic E-state index is 11.9. The van der Waals surface area contributed by atoms with Gasteiger partial charge in [0.25, 0.3) is 0 Å². The Morgan fingerprint density at radius 3 is 2.73 bits per heavy atom. The zero-order valence-corrected chi connectivity index (χ0v) is 23.7. The fraction of sp³-hybridized carbons (Fsp3) is 0.323. The lowest BCUT2D eigenvalue weighted by molar-refractivity contribution is 0.0997. The van der Waals surface area contributed by atoms with Gasteiger partial charge in [0.1, 0.15) is 17.9 Å². The van der Waals surface area contributed by atoms with Crippen LogP contribution in [0.15, 0.2) is 59.9 Å². The summed E-state index contributed by atoms with van der Waals surface area (Å²) in [5, 5.41) is 7.48. The molecule has 2 aliphatic rings. The van der Waals surface area contributed by atoms with E-state index in [4.69, 9.17) is 26.1 Å². The first-order valence-electron chi connectivity index (χ1n) is 13.7. The van der Waals surface area contributed by atoms with E-state index in [1.165, 1.54) is 48.4 Å². The number of nitroso groups, excluding NO2 is 1. The van der Waals surface area contributed by atoms with Crippen molar-refractivity contribution in [2.24, 2.45) is 5.18 Å². The maximum Gasteiger partial charge on any atom is 0.323 e. The molecule has 0 N–H and O–H groups in total. The topological polar surface area (TPSA) is 98.9 Å². The minimum absolute atomic E-state index is 0.0352. The van der Waals surface area contributed by atoms with Gasteiger partial charge in [-0.25, -0.2) is 4.98 Å². The molecular formula is C31H30ClN5O4. The number of benzene rings is 2. The van der Waals surface area contributed by atoms with Crippen molar-refractivity contribution in [1.82, 2.24) is 19.7 Å². The minimum atomic E-state index is -0.963. The van der Waals surface area contributed by atoms with Gasteiger partial charge in [-0.3, -0.25) is 9.69 Å². The summed E-state index contributed by atoms with van der Waals surface area (Å²) in [6.07, 6.45) is 6.15. The Kier molecular flexibility index (Phi) is 7.55. The largest absolute Gasteiger partial charge is 0.488 e. The highest BCUT2D eigenvalue weighted by atomic mass is 35.5. The number of ether oxygens (including phenoxy) is 2. The number of aryl methyl sites for hydroxylation is 1. The number of amides is 1. The zero-order chi connectivity index (χ0) is 28.5. The summed E-state index contributed by atoms with van der Waals surface area (Å²) in [5.74, 6) is 0.231. The second-order valence-electron chi connectivity index (χ2n) is 10.5. The molecule has 0 bridgehead atoms. The van der Waals surface area contributed by atoms with Gasteiger partial charge in [-0.05, 0) is 61.1 Å². The number of carbonyl (C=O) groups is 1. The number of pyridine rings is 1. The lowest BCUT2D eigenvalue weighted by Gasteiger charge is -2.40. The molecule has 0 radical (unpaired) electrons. The van der Waals surface area contributed by atoms with Gasteiger partial charge in [-0.2, -0.15) is 9.78 Å². The number of halogens is 1. The average Bonchev–Trinajstić information content (AvgIpc) is 3.40.